The predicted octanol–water partition coefficient (Wildman–Crippen LogP) is 4.65. The highest BCUT2D eigenvalue weighted by Gasteiger charge is 2.52. The van der Waals surface area contributed by atoms with E-state index in [1.165, 1.54) is 5.56 Å². The van der Waals surface area contributed by atoms with Crippen LogP contribution in [0, 0.1) is 5.41 Å². The van der Waals surface area contributed by atoms with Crippen LogP contribution in [0.15, 0.2) is 78.9 Å². The molecule has 1 unspecified atom stereocenters. The van der Waals surface area contributed by atoms with Crippen molar-refractivity contribution < 1.29 is 14.6 Å². The summed E-state index contributed by atoms with van der Waals surface area (Å²) in [6.07, 6.45) is 3.73. The minimum Gasteiger partial charge on any atom is -0.454 e. The highest BCUT2D eigenvalue weighted by Crippen LogP contribution is 2.51. The zero-order valence-electron chi connectivity index (χ0n) is 17.7. The molecule has 4 heteroatoms. The summed E-state index contributed by atoms with van der Waals surface area (Å²) in [5.41, 5.74) is 1.70. The van der Waals surface area contributed by atoms with Crippen molar-refractivity contribution in [2.45, 2.75) is 31.3 Å². The van der Waals surface area contributed by atoms with Crippen molar-refractivity contribution >= 4 is 0 Å². The van der Waals surface area contributed by atoms with Crippen LogP contribution < -0.4 is 14.8 Å². The Balaban J connectivity index is 1.55. The standard InChI is InChI=1S/C27H29NO3/c29-27(22-8-3-1-4-9-22,23-10-5-2-6-11-23)26(15-7-17-28-19-26)16-14-21-12-13-24-25(18-21)31-20-30-24/h1-6,8-13,18,28-29H,7,14-17,19-20H2. The third-order valence-electron chi connectivity index (χ3n) is 6.95. The van der Waals surface area contributed by atoms with E-state index in [1.54, 1.807) is 0 Å². The maximum Gasteiger partial charge on any atom is 0.231 e. The Hall–Kier alpha value is -2.82. The van der Waals surface area contributed by atoms with Crippen LogP contribution in [0.25, 0.3) is 0 Å². The highest BCUT2D eigenvalue weighted by molar-refractivity contribution is 5.45. The molecule has 0 spiro atoms. The maximum atomic E-state index is 12.6. The molecule has 0 aliphatic carbocycles. The summed E-state index contributed by atoms with van der Waals surface area (Å²) >= 11 is 0. The highest BCUT2D eigenvalue weighted by atomic mass is 16.7. The topological polar surface area (TPSA) is 50.7 Å². The van der Waals surface area contributed by atoms with Gasteiger partial charge < -0.3 is 19.9 Å². The Morgan fingerprint density at radius 1 is 0.871 bits per heavy atom. The van der Waals surface area contributed by atoms with Gasteiger partial charge in [0.25, 0.3) is 0 Å². The van der Waals surface area contributed by atoms with Crippen LogP contribution in [0.3, 0.4) is 0 Å². The van der Waals surface area contributed by atoms with E-state index in [0.29, 0.717) is 0 Å². The van der Waals surface area contributed by atoms with E-state index in [2.05, 4.69) is 41.7 Å². The molecule has 1 fully saturated rings. The number of hydrogen-bond acceptors (Lipinski definition) is 4. The van der Waals surface area contributed by atoms with Gasteiger partial charge in [-0.15, -0.1) is 0 Å². The fraction of sp³-hybridized carbons (Fsp3) is 0.333. The Labute approximate surface area is 183 Å². The van der Waals surface area contributed by atoms with Crippen molar-refractivity contribution in [2.75, 3.05) is 19.9 Å². The van der Waals surface area contributed by atoms with Gasteiger partial charge in [0, 0.05) is 12.0 Å². The Morgan fingerprint density at radius 3 is 2.19 bits per heavy atom. The van der Waals surface area contributed by atoms with Gasteiger partial charge in [0.2, 0.25) is 6.79 Å². The molecular formula is C27H29NO3. The third-order valence-corrected chi connectivity index (χ3v) is 6.95. The number of benzene rings is 3. The molecule has 2 aliphatic rings. The first-order chi connectivity index (χ1) is 15.2. The van der Waals surface area contributed by atoms with Crippen molar-refractivity contribution in [3.8, 4) is 11.5 Å². The molecule has 2 N–H and O–H groups in total. The maximum absolute atomic E-state index is 12.6. The molecule has 1 saturated heterocycles. The number of nitrogens with one attached hydrogen (secondary N) is 1. The van der Waals surface area contributed by atoms with Gasteiger partial charge in [0.05, 0.1) is 0 Å². The lowest BCUT2D eigenvalue weighted by Crippen LogP contribution is -2.55. The van der Waals surface area contributed by atoms with Crippen LogP contribution in [0.4, 0.5) is 0 Å². The van der Waals surface area contributed by atoms with Crippen LogP contribution in [-0.4, -0.2) is 25.0 Å². The van der Waals surface area contributed by atoms with E-state index in [9.17, 15) is 5.11 Å². The molecule has 3 aromatic carbocycles. The lowest BCUT2D eigenvalue weighted by atomic mass is 9.59. The van der Waals surface area contributed by atoms with E-state index in [0.717, 1.165) is 61.4 Å². The number of aliphatic hydroxyl groups is 1. The van der Waals surface area contributed by atoms with Crippen molar-refractivity contribution in [3.05, 3.63) is 95.6 Å². The first-order valence-electron chi connectivity index (χ1n) is 11.1. The van der Waals surface area contributed by atoms with E-state index >= 15 is 0 Å². The van der Waals surface area contributed by atoms with Crippen LogP contribution in [0.1, 0.15) is 36.0 Å². The Morgan fingerprint density at radius 2 is 1.55 bits per heavy atom. The summed E-state index contributed by atoms with van der Waals surface area (Å²) in [5.74, 6) is 1.62. The average molecular weight is 416 g/mol. The molecule has 0 saturated carbocycles. The molecule has 0 aromatic heterocycles. The summed E-state index contributed by atoms with van der Waals surface area (Å²) in [5, 5.41) is 16.2. The van der Waals surface area contributed by atoms with E-state index in [-0.39, 0.29) is 12.2 Å². The lowest BCUT2D eigenvalue weighted by molar-refractivity contribution is -0.0761. The summed E-state index contributed by atoms with van der Waals surface area (Å²) in [7, 11) is 0. The molecule has 31 heavy (non-hydrogen) atoms. The molecule has 160 valence electrons. The van der Waals surface area contributed by atoms with Gasteiger partial charge in [-0.1, -0.05) is 66.7 Å². The molecule has 2 heterocycles. The largest absolute Gasteiger partial charge is 0.454 e. The molecule has 4 nitrogen and oxygen atoms in total. The molecule has 0 bridgehead atoms. The van der Waals surface area contributed by atoms with Gasteiger partial charge in [-0.05, 0) is 61.1 Å². The molecule has 5 rings (SSSR count). The molecule has 0 radical (unpaired) electrons. The first kappa shape index (κ1) is 20.1. The van der Waals surface area contributed by atoms with Crippen molar-refractivity contribution in [3.63, 3.8) is 0 Å². The summed E-state index contributed by atoms with van der Waals surface area (Å²) < 4.78 is 11.0. The summed E-state index contributed by atoms with van der Waals surface area (Å²) in [6, 6.07) is 26.5. The van der Waals surface area contributed by atoms with Gasteiger partial charge in [0.1, 0.15) is 5.60 Å². The fourth-order valence-corrected chi connectivity index (χ4v) is 5.29. The Bertz CT molecular complexity index is 974. The number of aryl methyl sites for hydroxylation is 1. The zero-order valence-corrected chi connectivity index (χ0v) is 17.7. The minimum atomic E-state index is -1.08. The third kappa shape index (κ3) is 3.60. The number of fused-ring (bicyclic) bond motifs is 1. The van der Waals surface area contributed by atoms with Gasteiger partial charge >= 0.3 is 0 Å². The number of hydrogen-bond donors (Lipinski definition) is 2. The summed E-state index contributed by atoms with van der Waals surface area (Å²) in [6.45, 7) is 2.05. The quantitative estimate of drug-likeness (QED) is 0.615. The van der Waals surface area contributed by atoms with E-state index in [4.69, 9.17) is 9.47 Å². The fourth-order valence-electron chi connectivity index (χ4n) is 5.29. The zero-order chi connectivity index (χ0) is 21.2. The van der Waals surface area contributed by atoms with Gasteiger partial charge in [-0.2, -0.15) is 0 Å². The number of rotatable bonds is 6. The van der Waals surface area contributed by atoms with Gasteiger partial charge in [-0.3, -0.25) is 0 Å². The second-order valence-electron chi connectivity index (χ2n) is 8.69. The molecule has 3 aromatic rings. The van der Waals surface area contributed by atoms with Crippen molar-refractivity contribution in [1.82, 2.24) is 5.32 Å². The molecule has 2 aliphatic heterocycles. The monoisotopic (exact) mass is 415 g/mol. The molecule has 0 amide bonds. The van der Waals surface area contributed by atoms with E-state index < -0.39 is 5.60 Å². The van der Waals surface area contributed by atoms with Crippen molar-refractivity contribution in [2.24, 2.45) is 5.41 Å². The Kier molecular flexibility index (Phi) is 5.43. The first-order valence-corrected chi connectivity index (χ1v) is 11.1. The second-order valence-corrected chi connectivity index (χ2v) is 8.69. The molecular weight excluding hydrogens is 386 g/mol. The number of piperidine rings is 1. The van der Waals surface area contributed by atoms with E-state index in [1.807, 2.05) is 42.5 Å². The van der Waals surface area contributed by atoms with Crippen LogP contribution >= 0.6 is 0 Å². The SMILES string of the molecule is OC(c1ccccc1)(c1ccccc1)C1(CCc2ccc3c(c2)OCO3)CCCNC1. The van der Waals surface area contributed by atoms with Crippen molar-refractivity contribution in [1.29, 1.82) is 0 Å². The normalized spacial score (nSPS) is 20.5. The summed E-state index contributed by atoms with van der Waals surface area (Å²) in [4.78, 5) is 0. The number of ether oxygens (including phenoxy) is 2. The molecule has 1 atom stereocenters. The smallest absolute Gasteiger partial charge is 0.231 e. The minimum absolute atomic E-state index is 0.286. The average Bonchev–Trinajstić information content (AvgIpc) is 3.32. The van der Waals surface area contributed by atoms with Gasteiger partial charge in [-0.25, -0.2) is 0 Å². The lowest BCUT2D eigenvalue weighted by Gasteiger charge is -2.51. The van der Waals surface area contributed by atoms with Crippen LogP contribution in [0.2, 0.25) is 0 Å². The second kappa shape index (κ2) is 8.37. The predicted molar refractivity (Wildman–Crippen MR) is 121 cm³/mol. The van der Waals surface area contributed by atoms with Gasteiger partial charge in [0.15, 0.2) is 11.5 Å². The van der Waals surface area contributed by atoms with Crippen LogP contribution in [0.5, 0.6) is 11.5 Å². The van der Waals surface area contributed by atoms with Crippen LogP contribution in [-0.2, 0) is 12.0 Å².